The van der Waals surface area contributed by atoms with E-state index in [0.717, 1.165) is 36.7 Å². The summed E-state index contributed by atoms with van der Waals surface area (Å²) in [6.45, 7) is 1.95. The van der Waals surface area contributed by atoms with Gasteiger partial charge in [0, 0.05) is 18.6 Å². The lowest BCUT2D eigenvalue weighted by molar-refractivity contribution is 0.238. The summed E-state index contributed by atoms with van der Waals surface area (Å²) in [5.74, 6) is 0.745. The number of halogens is 1. The van der Waals surface area contributed by atoms with Gasteiger partial charge in [-0.3, -0.25) is 0 Å². The molecule has 0 aromatic heterocycles. The normalized spacial score (nSPS) is 29.1. The standard InChI is InChI=1S/C17H25FN2/c1-20(12-14-3-2-4-15(18)9-14)8-7-13-10-16-5-6-17(11-13)19-16/h2-4,9,13,16-17,19H,5-8,10-12H2,1H3. The van der Waals surface area contributed by atoms with Crippen molar-refractivity contribution in [2.75, 3.05) is 13.6 Å². The van der Waals surface area contributed by atoms with Gasteiger partial charge in [-0.2, -0.15) is 0 Å². The second kappa shape index (κ2) is 6.23. The Morgan fingerprint density at radius 2 is 2.00 bits per heavy atom. The second-order valence-corrected chi connectivity index (χ2v) is 6.63. The predicted octanol–water partition coefficient (Wildman–Crippen LogP) is 3.18. The Bertz CT molecular complexity index is 436. The molecule has 2 fully saturated rings. The van der Waals surface area contributed by atoms with Crippen LogP contribution in [0.1, 0.15) is 37.7 Å². The molecule has 3 heteroatoms. The molecule has 2 atom stereocenters. The molecule has 2 unspecified atom stereocenters. The minimum absolute atomic E-state index is 0.133. The van der Waals surface area contributed by atoms with E-state index in [1.165, 1.54) is 38.2 Å². The summed E-state index contributed by atoms with van der Waals surface area (Å²) < 4.78 is 13.2. The first kappa shape index (κ1) is 14.0. The molecule has 1 aromatic rings. The highest BCUT2D eigenvalue weighted by molar-refractivity contribution is 5.16. The molecule has 2 heterocycles. The van der Waals surface area contributed by atoms with Crippen molar-refractivity contribution in [1.82, 2.24) is 10.2 Å². The fourth-order valence-corrected chi connectivity index (χ4v) is 3.84. The van der Waals surface area contributed by atoms with Gasteiger partial charge in [-0.1, -0.05) is 12.1 Å². The SMILES string of the molecule is CN(CCC1CC2CCC(C1)N2)Cc1cccc(F)c1. The summed E-state index contributed by atoms with van der Waals surface area (Å²) in [6, 6.07) is 8.52. The highest BCUT2D eigenvalue weighted by Crippen LogP contribution is 2.32. The number of fused-ring (bicyclic) bond motifs is 2. The van der Waals surface area contributed by atoms with Crippen LogP contribution in [-0.2, 0) is 6.54 Å². The van der Waals surface area contributed by atoms with Crippen molar-refractivity contribution in [3.63, 3.8) is 0 Å². The van der Waals surface area contributed by atoms with Crippen LogP contribution in [0.4, 0.5) is 4.39 Å². The van der Waals surface area contributed by atoms with E-state index in [2.05, 4.69) is 17.3 Å². The Balaban J connectivity index is 1.44. The molecule has 2 saturated heterocycles. The molecule has 2 bridgehead atoms. The van der Waals surface area contributed by atoms with Crippen LogP contribution >= 0.6 is 0 Å². The van der Waals surface area contributed by atoms with Crippen molar-refractivity contribution in [2.45, 2.75) is 50.7 Å². The van der Waals surface area contributed by atoms with E-state index in [-0.39, 0.29) is 5.82 Å². The summed E-state index contributed by atoms with van der Waals surface area (Å²) in [5, 5.41) is 3.70. The first-order valence-electron chi connectivity index (χ1n) is 7.88. The topological polar surface area (TPSA) is 15.3 Å². The van der Waals surface area contributed by atoms with Crippen molar-refractivity contribution in [3.8, 4) is 0 Å². The quantitative estimate of drug-likeness (QED) is 0.888. The zero-order valence-electron chi connectivity index (χ0n) is 12.3. The fourth-order valence-electron chi connectivity index (χ4n) is 3.84. The molecule has 110 valence electrons. The van der Waals surface area contributed by atoms with Gasteiger partial charge in [0.1, 0.15) is 5.82 Å². The fraction of sp³-hybridized carbons (Fsp3) is 0.647. The average Bonchev–Trinajstić information content (AvgIpc) is 2.76. The first-order chi connectivity index (χ1) is 9.69. The number of benzene rings is 1. The van der Waals surface area contributed by atoms with Crippen LogP contribution in [0.3, 0.4) is 0 Å². The van der Waals surface area contributed by atoms with Crippen LogP contribution in [-0.4, -0.2) is 30.6 Å². The predicted molar refractivity (Wildman–Crippen MR) is 80.0 cm³/mol. The van der Waals surface area contributed by atoms with Crippen molar-refractivity contribution in [2.24, 2.45) is 5.92 Å². The Kier molecular flexibility index (Phi) is 4.37. The van der Waals surface area contributed by atoms with Gasteiger partial charge >= 0.3 is 0 Å². The van der Waals surface area contributed by atoms with Crippen molar-refractivity contribution in [3.05, 3.63) is 35.6 Å². The second-order valence-electron chi connectivity index (χ2n) is 6.63. The molecule has 1 aromatic carbocycles. The molecular formula is C17H25FN2. The van der Waals surface area contributed by atoms with Crippen LogP contribution in [0.2, 0.25) is 0 Å². The number of nitrogens with one attached hydrogen (secondary N) is 1. The zero-order valence-corrected chi connectivity index (χ0v) is 12.3. The number of nitrogens with zero attached hydrogens (tertiary/aromatic N) is 1. The molecule has 0 amide bonds. The molecule has 2 aliphatic rings. The van der Waals surface area contributed by atoms with Gasteiger partial charge in [-0.15, -0.1) is 0 Å². The van der Waals surface area contributed by atoms with Crippen molar-refractivity contribution in [1.29, 1.82) is 0 Å². The molecule has 1 N–H and O–H groups in total. The molecule has 0 spiro atoms. The first-order valence-corrected chi connectivity index (χ1v) is 7.88. The molecule has 0 saturated carbocycles. The van der Waals surface area contributed by atoms with Crippen molar-refractivity contribution >= 4 is 0 Å². The van der Waals surface area contributed by atoms with Crippen LogP contribution in [0.5, 0.6) is 0 Å². The lowest BCUT2D eigenvalue weighted by atomic mass is 9.89. The summed E-state index contributed by atoms with van der Waals surface area (Å²) in [6.07, 6.45) is 6.73. The van der Waals surface area contributed by atoms with E-state index in [9.17, 15) is 4.39 Å². The van der Waals surface area contributed by atoms with Crippen LogP contribution in [0.15, 0.2) is 24.3 Å². The van der Waals surface area contributed by atoms with Gasteiger partial charge in [0.15, 0.2) is 0 Å². The van der Waals surface area contributed by atoms with Gasteiger partial charge in [-0.25, -0.2) is 4.39 Å². The third kappa shape index (κ3) is 3.58. The monoisotopic (exact) mass is 276 g/mol. The summed E-state index contributed by atoms with van der Waals surface area (Å²) in [7, 11) is 2.14. The third-order valence-electron chi connectivity index (χ3n) is 4.83. The van der Waals surface area contributed by atoms with E-state index in [1.807, 2.05) is 6.07 Å². The Hall–Kier alpha value is -0.930. The molecule has 0 aliphatic carbocycles. The van der Waals surface area contributed by atoms with Gasteiger partial charge in [0.25, 0.3) is 0 Å². The molecular weight excluding hydrogens is 251 g/mol. The van der Waals surface area contributed by atoms with Crippen LogP contribution in [0, 0.1) is 11.7 Å². The largest absolute Gasteiger partial charge is 0.311 e. The van der Waals surface area contributed by atoms with Gasteiger partial charge in [0.05, 0.1) is 0 Å². The van der Waals surface area contributed by atoms with E-state index >= 15 is 0 Å². The maximum atomic E-state index is 13.2. The number of hydrogen-bond donors (Lipinski definition) is 1. The molecule has 2 aliphatic heterocycles. The average molecular weight is 276 g/mol. The molecule has 2 nitrogen and oxygen atoms in total. The van der Waals surface area contributed by atoms with Crippen molar-refractivity contribution < 1.29 is 4.39 Å². The lowest BCUT2D eigenvalue weighted by Gasteiger charge is -2.30. The maximum Gasteiger partial charge on any atom is 0.123 e. The Morgan fingerprint density at radius 3 is 2.70 bits per heavy atom. The Labute approximate surface area is 121 Å². The summed E-state index contributed by atoms with van der Waals surface area (Å²) in [4.78, 5) is 2.32. The third-order valence-corrected chi connectivity index (χ3v) is 4.83. The number of piperidine rings is 1. The smallest absolute Gasteiger partial charge is 0.123 e. The highest BCUT2D eigenvalue weighted by atomic mass is 19.1. The van der Waals surface area contributed by atoms with Crippen LogP contribution < -0.4 is 5.32 Å². The summed E-state index contributed by atoms with van der Waals surface area (Å²) >= 11 is 0. The lowest BCUT2D eigenvalue weighted by Crippen LogP contribution is -2.38. The van der Waals surface area contributed by atoms with E-state index < -0.39 is 0 Å². The Morgan fingerprint density at radius 1 is 1.25 bits per heavy atom. The number of hydrogen-bond acceptors (Lipinski definition) is 2. The molecule has 3 rings (SSSR count). The zero-order chi connectivity index (χ0) is 13.9. The summed E-state index contributed by atoms with van der Waals surface area (Å²) in [5.41, 5.74) is 1.07. The minimum atomic E-state index is -0.133. The van der Waals surface area contributed by atoms with Gasteiger partial charge in [-0.05, 0) is 69.3 Å². The van der Waals surface area contributed by atoms with Crippen LogP contribution in [0.25, 0.3) is 0 Å². The molecule has 20 heavy (non-hydrogen) atoms. The van der Waals surface area contributed by atoms with Gasteiger partial charge < -0.3 is 10.2 Å². The van der Waals surface area contributed by atoms with E-state index in [4.69, 9.17) is 0 Å². The maximum absolute atomic E-state index is 13.2. The van der Waals surface area contributed by atoms with E-state index in [0.29, 0.717) is 0 Å². The van der Waals surface area contributed by atoms with E-state index in [1.54, 1.807) is 12.1 Å². The highest BCUT2D eigenvalue weighted by Gasteiger charge is 2.32. The van der Waals surface area contributed by atoms with Gasteiger partial charge in [0.2, 0.25) is 0 Å². The molecule has 0 radical (unpaired) electrons. The number of rotatable bonds is 5. The minimum Gasteiger partial charge on any atom is -0.311 e.